The minimum atomic E-state index is 0.292. The van der Waals surface area contributed by atoms with Crippen molar-refractivity contribution in [2.75, 3.05) is 6.54 Å². The van der Waals surface area contributed by atoms with Gasteiger partial charge in [-0.3, -0.25) is 0 Å². The summed E-state index contributed by atoms with van der Waals surface area (Å²) in [4.78, 5) is 4.62. The van der Waals surface area contributed by atoms with Crippen LogP contribution in [-0.4, -0.2) is 16.7 Å². The molecule has 0 radical (unpaired) electrons. The molecule has 1 N–H and O–H groups in total. The van der Waals surface area contributed by atoms with Crippen LogP contribution in [0.2, 0.25) is 0 Å². The second-order valence-corrected chi connectivity index (χ2v) is 5.33. The molecule has 4 nitrogen and oxygen atoms in total. The predicted octanol–water partition coefficient (Wildman–Crippen LogP) is 2.93. The van der Waals surface area contributed by atoms with Crippen LogP contribution in [0.5, 0.6) is 0 Å². The van der Waals surface area contributed by atoms with Crippen LogP contribution in [0.25, 0.3) is 0 Å². The zero-order chi connectivity index (χ0) is 11.5. The molecule has 0 aromatic carbocycles. The smallest absolute Gasteiger partial charge is 0.243 e. The summed E-state index contributed by atoms with van der Waals surface area (Å²) in [6.07, 6.45) is 10.1. The third-order valence-corrected chi connectivity index (χ3v) is 4.04. The molecule has 2 aliphatic rings. The van der Waals surface area contributed by atoms with Gasteiger partial charge < -0.3 is 9.84 Å². The van der Waals surface area contributed by atoms with Gasteiger partial charge in [0, 0.05) is 5.92 Å². The molecule has 1 aliphatic heterocycles. The number of rotatable bonds is 2. The lowest BCUT2D eigenvalue weighted by Gasteiger charge is -2.09. The molecule has 0 amide bonds. The van der Waals surface area contributed by atoms with Gasteiger partial charge in [0.15, 0.2) is 5.82 Å². The topological polar surface area (TPSA) is 51.0 Å². The van der Waals surface area contributed by atoms with Crippen LogP contribution in [0.3, 0.4) is 0 Å². The highest BCUT2D eigenvalue weighted by Crippen LogP contribution is 2.33. The summed E-state index contributed by atoms with van der Waals surface area (Å²) < 4.78 is 5.45. The molecular weight excluding hydrogens is 214 g/mol. The lowest BCUT2D eigenvalue weighted by molar-refractivity contribution is 0.323. The van der Waals surface area contributed by atoms with Crippen molar-refractivity contribution in [1.82, 2.24) is 15.5 Å². The second kappa shape index (κ2) is 5.17. The van der Waals surface area contributed by atoms with E-state index in [1.54, 1.807) is 0 Å². The normalized spacial score (nSPS) is 27.2. The number of hydrogen-bond acceptors (Lipinski definition) is 4. The molecule has 1 saturated carbocycles. The van der Waals surface area contributed by atoms with Crippen LogP contribution in [0.4, 0.5) is 0 Å². The Morgan fingerprint density at radius 3 is 2.71 bits per heavy atom. The fourth-order valence-corrected chi connectivity index (χ4v) is 2.98. The molecule has 0 spiro atoms. The summed E-state index contributed by atoms with van der Waals surface area (Å²) in [6.45, 7) is 1.08. The molecule has 1 aromatic rings. The Kier molecular flexibility index (Phi) is 3.41. The van der Waals surface area contributed by atoms with E-state index in [2.05, 4.69) is 15.5 Å². The average molecular weight is 235 g/mol. The monoisotopic (exact) mass is 235 g/mol. The average Bonchev–Trinajstić information content (AvgIpc) is 2.95. The molecular formula is C13H21N3O. The predicted molar refractivity (Wildman–Crippen MR) is 64.7 cm³/mol. The standard InChI is InChI=1S/C13H21N3O/c1-2-8-11(14-9-5-1)13-15-12(16-17-13)10-6-3-4-7-10/h10-11,14H,1-9H2. The Labute approximate surface area is 102 Å². The van der Waals surface area contributed by atoms with Crippen molar-refractivity contribution < 1.29 is 4.52 Å². The van der Waals surface area contributed by atoms with E-state index in [0.717, 1.165) is 24.7 Å². The van der Waals surface area contributed by atoms with Crippen LogP contribution in [-0.2, 0) is 0 Å². The highest BCUT2D eigenvalue weighted by atomic mass is 16.5. The van der Waals surface area contributed by atoms with E-state index in [0.29, 0.717) is 12.0 Å². The van der Waals surface area contributed by atoms with Gasteiger partial charge in [0.25, 0.3) is 0 Å². The minimum absolute atomic E-state index is 0.292. The lowest BCUT2D eigenvalue weighted by Crippen LogP contribution is -2.20. The minimum Gasteiger partial charge on any atom is -0.338 e. The van der Waals surface area contributed by atoms with Crippen LogP contribution >= 0.6 is 0 Å². The Morgan fingerprint density at radius 2 is 1.82 bits per heavy atom. The van der Waals surface area contributed by atoms with Crippen LogP contribution < -0.4 is 5.32 Å². The summed E-state index contributed by atoms with van der Waals surface area (Å²) >= 11 is 0. The van der Waals surface area contributed by atoms with E-state index in [9.17, 15) is 0 Å². The van der Waals surface area contributed by atoms with Gasteiger partial charge in [0.1, 0.15) is 0 Å². The Bertz CT molecular complexity index is 349. The summed E-state index contributed by atoms with van der Waals surface area (Å²) in [5.41, 5.74) is 0. The highest BCUT2D eigenvalue weighted by Gasteiger charge is 2.25. The van der Waals surface area contributed by atoms with Crippen molar-refractivity contribution in [1.29, 1.82) is 0 Å². The maximum atomic E-state index is 5.45. The van der Waals surface area contributed by atoms with Gasteiger partial charge >= 0.3 is 0 Å². The third kappa shape index (κ3) is 2.51. The number of hydrogen-bond donors (Lipinski definition) is 1. The van der Waals surface area contributed by atoms with Gasteiger partial charge in [-0.05, 0) is 32.2 Å². The quantitative estimate of drug-likeness (QED) is 0.856. The van der Waals surface area contributed by atoms with Gasteiger partial charge in [-0.15, -0.1) is 0 Å². The molecule has 17 heavy (non-hydrogen) atoms. The van der Waals surface area contributed by atoms with E-state index in [1.807, 2.05) is 0 Å². The molecule has 3 rings (SSSR count). The zero-order valence-corrected chi connectivity index (χ0v) is 10.3. The first-order chi connectivity index (χ1) is 8.43. The molecule has 1 saturated heterocycles. The van der Waals surface area contributed by atoms with Crippen molar-refractivity contribution in [3.8, 4) is 0 Å². The van der Waals surface area contributed by atoms with Crippen molar-refractivity contribution in [2.45, 2.75) is 63.3 Å². The Hall–Kier alpha value is -0.900. The molecule has 1 atom stereocenters. The molecule has 2 fully saturated rings. The third-order valence-electron chi connectivity index (χ3n) is 4.04. The maximum Gasteiger partial charge on any atom is 0.243 e. The van der Waals surface area contributed by atoms with E-state index < -0.39 is 0 Å². The maximum absolute atomic E-state index is 5.45. The van der Waals surface area contributed by atoms with Gasteiger partial charge in [0.05, 0.1) is 6.04 Å². The van der Waals surface area contributed by atoms with Crippen LogP contribution in [0.15, 0.2) is 4.52 Å². The van der Waals surface area contributed by atoms with Gasteiger partial charge in [-0.2, -0.15) is 4.98 Å². The van der Waals surface area contributed by atoms with Gasteiger partial charge in [-0.25, -0.2) is 0 Å². The van der Waals surface area contributed by atoms with Gasteiger partial charge in [-0.1, -0.05) is 30.8 Å². The van der Waals surface area contributed by atoms with Gasteiger partial charge in [0.2, 0.25) is 5.89 Å². The Balaban J connectivity index is 1.70. The van der Waals surface area contributed by atoms with E-state index in [1.165, 1.54) is 44.9 Å². The number of nitrogens with zero attached hydrogens (tertiary/aromatic N) is 2. The highest BCUT2D eigenvalue weighted by molar-refractivity contribution is 5.00. The fourth-order valence-electron chi connectivity index (χ4n) is 2.98. The van der Waals surface area contributed by atoms with Crippen LogP contribution in [0.1, 0.15) is 75.0 Å². The largest absolute Gasteiger partial charge is 0.338 e. The summed E-state index contributed by atoms with van der Waals surface area (Å²) in [7, 11) is 0. The Morgan fingerprint density at radius 1 is 1.00 bits per heavy atom. The molecule has 2 heterocycles. The van der Waals surface area contributed by atoms with Crippen molar-refractivity contribution in [3.05, 3.63) is 11.7 Å². The van der Waals surface area contributed by atoms with Crippen molar-refractivity contribution >= 4 is 0 Å². The lowest BCUT2D eigenvalue weighted by atomic mass is 10.1. The van der Waals surface area contributed by atoms with E-state index >= 15 is 0 Å². The SMILES string of the molecule is C1CCNC(c2nc(C3CCCC3)no2)CC1. The molecule has 94 valence electrons. The zero-order valence-electron chi connectivity index (χ0n) is 10.3. The number of aromatic nitrogens is 2. The number of nitrogens with one attached hydrogen (secondary N) is 1. The summed E-state index contributed by atoms with van der Waals surface area (Å²) in [5.74, 6) is 2.32. The van der Waals surface area contributed by atoms with E-state index in [-0.39, 0.29) is 0 Å². The van der Waals surface area contributed by atoms with Crippen molar-refractivity contribution in [2.24, 2.45) is 0 Å². The van der Waals surface area contributed by atoms with Crippen molar-refractivity contribution in [3.63, 3.8) is 0 Å². The summed E-state index contributed by atoms with van der Waals surface area (Å²) in [5, 5.41) is 7.68. The first-order valence-corrected chi connectivity index (χ1v) is 7.00. The molecule has 1 unspecified atom stereocenters. The second-order valence-electron chi connectivity index (χ2n) is 5.33. The van der Waals surface area contributed by atoms with E-state index in [4.69, 9.17) is 4.52 Å². The van der Waals surface area contributed by atoms with Crippen LogP contribution in [0, 0.1) is 0 Å². The first kappa shape index (κ1) is 11.2. The molecule has 1 aliphatic carbocycles. The summed E-state index contributed by atoms with van der Waals surface area (Å²) in [6, 6.07) is 0.292. The fraction of sp³-hybridized carbons (Fsp3) is 0.846. The molecule has 0 bridgehead atoms. The molecule has 4 heteroatoms. The first-order valence-electron chi connectivity index (χ1n) is 7.00. The molecule has 1 aromatic heterocycles.